The van der Waals surface area contributed by atoms with Crippen LogP contribution >= 0.6 is 0 Å². The van der Waals surface area contributed by atoms with Crippen LogP contribution in [0.1, 0.15) is 38.6 Å². The van der Waals surface area contributed by atoms with E-state index in [2.05, 4.69) is 4.74 Å². The summed E-state index contributed by atoms with van der Waals surface area (Å²) in [5, 5.41) is 0.888. The van der Waals surface area contributed by atoms with Crippen LogP contribution in [0.2, 0.25) is 0 Å². The number of aryl methyl sites for hydroxylation is 3. The molecule has 0 amide bonds. The predicted molar refractivity (Wildman–Crippen MR) is 95.8 cm³/mol. The second kappa shape index (κ2) is 6.71. The summed E-state index contributed by atoms with van der Waals surface area (Å²) in [6, 6.07) is 5.33. The SMILES string of the molecule is COC(=O)c1cc(COc2ccc3c(C)c(C)c(=O)oc3c2C)c(C)o1. The highest BCUT2D eigenvalue weighted by Crippen LogP contribution is 2.30. The number of fused-ring (bicyclic) bond motifs is 1. The Hall–Kier alpha value is -3.02. The van der Waals surface area contributed by atoms with E-state index in [4.69, 9.17) is 13.6 Å². The number of hydrogen-bond donors (Lipinski definition) is 0. The molecule has 0 aliphatic carbocycles. The minimum absolute atomic E-state index is 0.135. The molecule has 0 spiro atoms. The fourth-order valence-electron chi connectivity index (χ4n) is 2.80. The van der Waals surface area contributed by atoms with Crippen molar-refractivity contribution >= 4 is 16.9 Å². The molecular formula is C20H20O6. The highest BCUT2D eigenvalue weighted by Gasteiger charge is 2.17. The lowest BCUT2D eigenvalue weighted by Gasteiger charge is -2.12. The molecule has 3 aromatic rings. The van der Waals surface area contributed by atoms with Crippen molar-refractivity contribution in [3.63, 3.8) is 0 Å². The fourth-order valence-corrected chi connectivity index (χ4v) is 2.80. The maximum absolute atomic E-state index is 12.0. The average Bonchev–Trinajstić information content (AvgIpc) is 3.00. The molecule has 0 atom stereocenters. The first kappa shape index (κ1) is 17.8. The summed E-state index contributed by atoms with van der Waals surface area (Å²) < 4.78 is 21.4. The van der Waals surface area contributed by atoms with Crippen LogP contribution in [0.25, 0.3) is 11.0 Å². The number of carbonyl (C=O) groups is 1. The number of furan rings is 1. The Morgan fingerprint density at radius 3 is 2.46 bits per heavy atom. The third-order valence-corrected chi connectivity index (χ3v) is 4.61. The normalized spacial score (nSPS) is 11.0. The van der Waals surface area contributed by atoms with Gasteiger partial charge in [0.15, 0.2) is 0 Å². The molecule has 1 aromatic carbocycles. The maximum atomic E-state index is 12.0. The summed E-state index contributed by atoms with van der Waals surface area (Å²) in [7, 11) is 1.30. The van der Waals surface area contributed by atoms with Gasteiger partial charge in [0.25, 0.3) is 0 Å². The van der Waals surface area contributed by atoms with Gasteiger partial charge in [0, 0.05) is 22.1 Å². The first-order valence-electron chi connectivity index (χ1n) is 8.17. The van der Waals surface area contributed by atoms with Crippen LogP contribution < -0.4 is 10.4 Å². The molecule has 0 bridgehead atoms. The summed E-state index contributed by atoms with van der Waals surface area (Å²) in [5.41, 5.74) is 3.18. The summed E-state index contributed by atoms with van der Waals surface area (Å²) in [5.74, 6) is 0.788. The molecule has 0 fully saturated rings. The number of ether oxygens (including phenoxy) is 2. The van der Waals surface area contributed by atoms with E-state index in [1.165, 1.54) is 7.11 Å². The van der Waals surface area contributed by atoms with E-state index in [-0.39, 0.29) is 18.0 Å². The van der Waals surface area contributed by atoms with Crippen molar-refractivity contribution in [1.82, 2.24) is 0 Å². The molecule has 0 saturated heterocycles. The maximum Gasteiger partial charge on any atom is 0.373 e. The fraction of sp³-hybridized carbons (Fsp3) is 0.300. The Morgan fingerprint density at radius 1 is 1.04 bits per heavy atom. The topological polar surface area (TPSA) is 78.9 Å². The molecule has 0 aliphatic heterocycles. The zero-order chi connectivity index (χ0) is 19.0. The molecule has 0 aliphatic rings. The van der Waals surface area contributed by atoms with Gasteiger partial charge in [-0.05, 0) is 51.5 Å². The van der Waals surface area contributed by atoms with Gasteiger partial charge in [-0.3, -0.25) is 0 Å². The van der Waals surface area contributed by atoms with E-state index in [0.717, 1.165) is 22.1 Å². The standard InChI is InChI=1S/C20H20O6/c1-10-11(2)19(21)26-18-12(3)16(7-6-15(10)18)24-9-14-8-17(20(22)23-5)25-13(14)4/h6-8H,9H2,1-5H3. The van der Waals surface area contributed by atoms with Gasteiger partial charge in [-0.25, -0.2) is 9.59 Å². The van der Waals surface area contributed by atoms with Crippen LogP contribution in [0.15, 0.2) is 31.8 Å². The van der Waals surface area contributed by atoms with Crippen LogP contribution in [0.5, 0.6) is 5.75 Å². The monoisotopic (exact) mass is 356 g/mol. The summed E-state index contributed by atoms with van der Waals surface area (Å²) in [6.07, 6.45) is 0. The first-order valence-corrected chi connectivity index (χ1v) is 8.17. The zero-order valence-electron chi connectivity index (χ0n) is 15.4. The molecule has 3 rings (SSSR count). The van der Waals surface area contributed by atoms with Crippen LogP contribution in [0.3, 0.4) is 0 Å². The van der Waals surface area contributed by atoms with Gasteiger partial charge in [-0.1, -0.05) is 0 Å². The molecule has 136 valence electrons. The van der Waals surface area contributed by atoms with Crippen LogP contribution in [-0.4, -0.2) is 13.1 Å². The largest absolute Gasteiger partial charge is 0.488 e. The molecule has 2 aromatic heterocycles. The van der Waals surface area contributed by atoms with Gasteiger partial charge < -0.3 is 18.3 Å². The van der Waals surface area contributed by atoms with Crippen LogP contribution in [0.4, 0.5) is 0 Å². The van der Waals surface area contributed by atoms with Gasteiger partial charge in [0.05, 0.1) is 7.11 Å². The van der Waals surface area contributed by atoms with Crippen LogP contribution in [-0.2, 0) is 11.3 Å². The first-order chi connectivity index (χ1) is 12.3. The van der Waals surface area contributed by atoms with Crippen molar-refractivity contribution in [1.29, 1.82) is 0 Å². The van der Waals surface area contributed by atoms with Gasteiger partial charge in [0.2, 0.25) is 5.76 Å². The number of rotatable bonds is 4. The Balaban J connectivity index is 1.92. The lowest BCUT2D eigenvalue weighted by atomic mass is 10.0. The van der Waals surface area contributed by atoms with Gasteiger partial charge in [0.1, 0.15) is 23.7 Å². The minimum atomic E-state index is -0.533. The van der Waals surface area contributed by atoms with Crippen molar-refractivity contribution in [3.8, 4) is 5.75 Å². The van der Waals surface area contributed by atoms with Crippen molar-refractivity contribution in [2.45, 2.75) is 34.3 Å². The number of esters is 1. The molecule has 0 radical (unpaired) electrons. The number of carbonyl (C=O) groups excluding carboxylic acids is 1. The van der Waals surface area contributed by atoms with Gasteiger partial charge in [-0.15, -0.1) is 0 Å². The number of methoxy groups -OCH3 is 1. The lowest BCUT2D eigenvalue weighted by molar-refractivity contribution is 0.0563. The highest BCUT2D eigenvalue weighted by atomic mass is 16.5. The van der Waals surface area contributed by atoms with E-state index < -0.39 is 5.97 Å². The summed E-state index contributed by atoms with van der Waals surface area (Å²) >= 11 is 0. The highest BCUT2D eigenvalue weighted by molar-refractivity contribution is 5.86. The Labute approximate surface area is 150 Å². The van der Waals surface area contributed by atoms with E-state index in [1.54, 1.807) is 19.9 Å². The minimum Gasteiger partial charge on any atom is -0.488 e. The quantitative estimate of drug-likeness (QED) is 0.520. The third-order valence-electron chi connectivity index (χ3n) is 4.61. The number of benzene rings is 1. The Kier molecular flexibility index (Phi) is 4.59. The Morgan fingerprint density at radius 2 is 1.77 bits per heavy atom. The predicted octanol–water partition coefficient (Wildman–Crippen LogP) is 3.99. The van der Waals surface area contributed by atoms with E-state index in [0.29, 0.717) is 22.7 Å². The molecule has 0 N–H and O–H groups in total. The lowest BCUT2D eigenvalue weighted by Crippen LogP contribution is -2.07. The van der Waals surface area contributed by atoms with E-state index >= 15 is 0 Å². The molecule has 0 saturated carbocycles. The van der Waals surface area contributed by atoms with Crippen molar-refractivity contribution < 1.29 is 23.1 Å². The van der Waals surface area contributed by atoms with Crippen molar-refractivity contribution in [2.75, 3.05) is 7.11 Å². The second-order valence-electron chi connectivity index (χ2n) is 6.18. The summed E-state index contributed by atoms with van der Waals surface area (Å²) in [4.78, 5) is 23.5. The van der Waals surface area contributed by atoms with E-state index in [1.807, 2.05) is 26.0 Å². The second-order valence-corrected chi connectivity index (χ2v) is 6.18. The zero-order valence-corrected chi connectivity index (χ0v) is 15.4. The van der Waals surface area contributed by atoms with Crippen LogP contribution in [0, 0.1) is 27.7 Å². The smallest absolute Gasteiger partial charge is 0.373 e. The van der Waals surface area contributed by atoms with Crippen molar-refractivity contribution in [2.24, 2.45) is 0 Å². The molecule has 0 unspecified atom stereocenters. The molecule has 6 nitrogen and oxygen atoms in total. The Bertz CT molecular complexity index is 1050. The average molecular weight is 356 g/mol. The third kappa shape index (κ3) is 2.98. The van der Waals surface area contributed by atoms with Gasteiger partial charge in [-0.2, -0.15) is 0 Å². The summed E-state index contributed by atoms with van der Waals surface area (Å²) in [6.45, 7) is 7.47. The molecule has 2 heterocycles. The molecular weight excluding hydrogens is 336 g/mol. The number of hydrogen-bond acceptors (Lipinski definition) is 6. The van der Waals surface area contributed by atoms with E-state index in [9.17, 15) is 9.59 Å². The molecule has 6 heteroatoms. The van der Waals surface area contributed by atoms with Gasteiger partial charge >= 0.3 is 11.6 Å². The molecule has 26 heavy (non-hydrogen) atoms. The van der Waals surface area contributed by atoms with Crippen molar-refractivity contribution in [3.05, 3.63) is 62.4 Å².